The Hall–Kier alpha value is -0.210. The Bertz CT molecular complexity index is 119. The van der Waals surface area contributed by atoms with Crippen molar-refractivity contribution in [3.8, 4) is 0 Å². The highest BCUT2D eigenvalue weighted by molar-refractivity contribution is 7.79. The Morgan fingerprint density at radius 3 is 2.29 bits per heavy atom. The topological polar surface area (TPSA) is 17.1 Å². The first-order valence-corrected chi connectivity index (χ1v) is 2.37. The van der Waals surface area contributed by atoms with E-state index in [1.165, 1.54) is 0 Å². The zero-order valence-corrected chi connectivity index (χ0v) is 5.05. The average Bonchev–Trinajstić information content (AvgIpc) is 1.65. The maximum atomic E-state index is 9.94. The Labute approximate surface area is 52.0 Å². The fraction of sp³-hybridized carbons (Fsp3) is 0. The minimum absolute atomic E-state index is 0.164. The van der Waals surface area contributed by atoms with Crippen LogP contribution in [0.5, 0.6) is 0 Å². The summed E-state index contributed by atoms with van der Waals surface area (Å²) in [6.07, 6.45) is 0. The van der Waals surface area contributed by atoms with Crippen LogP contribution >= 0.6 is 23.8 Å². The van der Waals surface area contributed by atoms with E-state index in [-0.39, 0.29) is 5.57 Å². The third kappa shape index (κ3) is 2.48. The van der Waals surface area contributed by atoms with Crippen molar-refractivity contribution >= 4 is 34.4 Å². The summed E-state index contributed by atoms with van der Waals surface area (Å²) < 4.78 is 0. The predicted octanol–water partition coefficient (Wildman–Crippen LogP) is 1.31. The smallest absolute Gasteiger partial charge is 0.252 e. The van der Waals surface area contributed by atoms with Gasteiger partial charge in [0.15, 0.2) is 0 Å². The van der Waals surface area contributed by atoms with E-state index < -0.39 is 5.24 Å². The molecule has 3 heteroatoms. The Balaban J connectivity index is 3.81. The minimum atomic E-state index is -0.588. The molecule has 38 valence electrons. The predicted molar refractivity (Wildman–Crippen MR) is 33.7 cm³/mol. The van der Waals surface area contributed by atoms with Crippen LogP contribution in [0.2, 0.25) is 0 Å². The Kier molecular flexibility index (Phi) is 2.79. The lowest BCUT2D eigenvalue weighted by Crippen LogP contribution is -1.88. The number of hydrogen-bond donors (Lipinski definition) is 0. The third-order valence-corrected chi connectivity index (χ3v) is 0.922. The lowest BCUT2D eigenvalue weighted by atomic mass is 10.4. The van der Waals surface area contributed by atoms with Crippen LogP contribution in [0.15, 0.2) is 12.2 Å². The molecule has 1 nitrogen and oxygen atoms in total. The molecule has 0 atom stereocenters. The average molecular weight is 135 g/mol. The van der Waals surface area contributed by atoms with E-state index in [0.29, 0.717) is 0 Å². The second kappa shape index (κ2) is 2.88. The quantitative estimate of drug-likeness (QED) is 0.322. The van der Waals surface area contributed by atoms with Crippen molar-refractivity contribution in [1.29, 1.82) is 0 Å². The molecule has 0 bridgehead atoms. The van der Waals surface area contributed by atoms with Crippen LogP contribution in [0.1, 0.15) is 0 Å². The van der Waals surface area contributed by atoms with E-state index in [4.69, 9.17) is 11.6 Å². The number of carbonyl (C=O) groups excluding carboxylic acids is 1. The van der Waals surface area contributed by atoms with E-state index in [2.05, 4.69) is 18.8 Å². The number of rotatable bonds is 2. The molecule has 0 amide bonds. The second-order valence-electron chi connectivity index (χ2n) is 0.917. The van der Waals surface area contributed by atoms with Crippen molar-refractivity contribution in [2.45, 2.75) is 0 Å². The van der Waals surface area contributed by atoms with E-state index in [0.717, 1.165) is 5.37 Å². The van der Waals surface area contributed by atoms with Gasteiger partial charge in [-0.3, -0.25) is 4.79 Å². The maximum Gasteiger partial charge on any atom is 0.252 e. The van der Waals surface area contributed by atoms with Crippen molar-refractivity contribution < 1.29 is 4.79 Å². The summed E-state index contributed by atoms with van der Waals surface area (Å²) in [6, 6.07) is 0. The lowest BCUT2D eigenvalue weighted by Gasteiger charge is -1.79. The maximum absolute atomic E-state index is 9.94. The van der Waals surface area contributed by atoms with Crippen LogP contribution in [0, 0.1) is 0 Å². The molecule has 0 saturated heterocycles. The zero-order chi connectivity index (χ0) is 5.86. The number of thiocarbonyl (C=S) groups is 1. The van der Waals surface area contributed by atoms with Gasteiger partial charge in [0.2, 0.25) is 0 Å². The van der Waals surface area contributed by atoms with Crippen LogP contribution in [0.25, 0.3) is 0 Å². The van der Waals surface area contributed by atoms with Gasteiger partial charge in [0.1, 0.15) is 0 Å². The van der Waals surface area contributed by atoms with Crippen LogP contribution < -0.4 is 0 Å². The molecule has 0 N–H and O–H groups in total. The lowest BCUT2D eigenvalue weighted by molar-refractivity contribution is -0.108. The molecule has 0 saturated carbocycles. The van der Waals surface area contributed by atoms with Crippen LogP contribution in [-0.2, 0) is 4.79 Å². The van der Waals surface area contributed by atoms with Crippen LogP contribution in [0.3, 0.4) is 0 Å². The fourth-order valence-electron chi connectivity index (χ4n) is 0.0463. The molecule has 0 aliphatic rings. The zero-order valence-electron chi connectivity index (χ0n) is 3.48. The molecular formula is C4H3ClOS. The van der Waals surface area contributed by atoms with Gasteiger partial charge < -0.3 is 0 Å². The largest absolute Gasteiger partial charge is 0.276 e. The molecular weight excluding hydrogens is 132 g/mol. The summed E-state index contributed by atoms with van der Waals surface area (Å²) in [6.45, 7) is 3.23. The van der Waals surface area contributed by atoms with Gasteiger partial charge in [-0.25, -0.2) is 0 Å². The first-order chi connectivity index (χ1) is 3.18. The molecule has 0 aromatic rings. The minimum Gasteiger partial charge on any atom is -0.276 e. The number of halogens is 1. The molecule has 0 heterocycles. The normalized spacial score (nSPS) is 7.57. The highest BCUT2D eigenvalue weighted by atomic mass is 35.5. The van der Waals surface area contributed by atoms with Gasteiger partial charge in [-0.05, 0) is 11.6 Å². The standard InChI is InChI=1S/C4H3ClOS/c1-3(2-7)4(5)6/h2H,1H2. The first-order valence-electron chi connectivity index (χ1n) is 1.52. The Morgan fingerprint density at radius 2 is 2.29 bits per heavy atom. The summed E-state index contributed by atoms with van der Waals surface area (Å²) in [4.78, 5) is 9.94. The third-order valence-electron chi connectivity index (χ3n) is 0.395. The summed E-state index contributed by atoms with van der Waals surface area (Å²) in [5.41, 5.74) is 0.164. The summed E-state index contributed by atoms with van der Waals surface area (Å²) in [7, 11) is 0. The number of hydrogen-bond acceptors (Lipinski definition) is 2. The van der Waals surface area contributed by atoms with E-state index in [9.17, 15) is 4.79 Å². The molecule has 7 heavy (non-hydrogen) atoms. The molecule has 0 aliphatic heterocycles. The van der Waals surface area contributed by atoms with Crippen molar-refractivity contribution in [2.75, 3.05) is 0 Å². The van der Waals surface area contributed by atoms with Crippen LogP contribution in [0.4, 0.5) is 0 Å². The van der Waals surface area contributed by atoms with Gasteiger partial charge in [-0.15, -0.1) is 0 Å². The van der Waals surface area contributed by atoms with Gasteiger partial charge >= 0.3 is 0 Å². The molecule has 0 aliphatic carbocycles. The van der Waals surface area contributed by atoms with Crippen LogP contribution in [-0.4, -0.2) is 10.6 Å². The Morgan fingerprint density at radius 1 is 1.86 bits per heavy atom. The van der Waals surface area contributed by atoms with Gasteiger partial charge in [0, 0.05) is 10.9 Å². The fourth-order valence-corrected chi connectivity index (χ4v) is 0.273. The highest BCUT2D eigenvalue weighted by Crippen LogP contribution is 1.90. The summed E-state index contributed by atoms with van der Waals surface area (Å²) in [5.74, 6) is 0. The van der Waals surface area contributed by atoms with Gasteiger partial charge in [0.05, 0.1) is 0 Å². The molecule has 0 spiro atoms. The van der Waals surface area contributed by atoms with Crippen molar-refractivity contribution in [1.82, 2.24) is 0 Å². The second-order valence-corrected chi connectivity index (χ2v) is 1.50. The summed E-state index contributed by atoms with van der Waals surface area (Å²) >= 11 is 9.21. The van der Waals surface area contributed by atoms with Crippen molar-refractivity contribution in [3.05, 3.63) is 12.2 Å². The molecule has 0 radical (unpaired) electrons. The molecule has 0 unspecified atom stereocenters. The monoisotopic (exact) mass is 134 g/mol. The van der Waals surface area contributed by atoms with E-state index >= 15 is 0 Å². The molecule has 0 aromatic heterocycles. The van der Waals surface area contributed by atoms with Gasteiger partial charge in [-0.1, -0.05) is 18.8 Å². The molecule has 0 fully saturated rings. The SMILES string of the molecule is C=C(C=S)C(=O)Cl. The van der Waals surface area contributed by atoms with Gasteiger partial charge in [0.25, 0.3) is 5.24 Å². The van der Waals surface area contributed by atoms with E-state index in [1.807, 2.05) is 0 Å². The van der Waals surface area contributed by atoms with Crippen molar-refractivity contribution in [2.24, 2.45) is 0 Å². The number of carbonyl (C=O) groups is 1. The molecule has 0 aromatic carbocycles. The van der Waals surface area contributed by atoms with Gasteiger partial charge in [-0.2, -0.15) is 0 Å². The van der Waals surface area contributed by atoms with Crippen molar-refractivity contribution in [3.63, 3.8) is 0 Å². The first kappa shape index (κ1) is 6.79. The highest BCUT2D eigenvalue weighted by Gasteiger charge is 1.94. The number of allylic oxidation sites excluding steroid dienone is 1. The van der Waals surface area contributed by atoms with E-state index in [1.54, 1.807) is 0 Å². The summed E-state index contributed by atoms with van der Waals surface area (Å²) in [5, 5.41) is 0.560. The molecule has 0 rings (SSSR count).